The Kier molecular flexibility index (Phi) is 4.18. The van der Waals surface area contributed by atoms with Gasteiger partial charge in [0.25, 0.3) is 5.56 Å². The zero-order valence-corrected chi connectivity index (χ0v) is 10.5. The molecule has 1 fully saturated rings. The average molecular weight is 235 g/mol. The van der Waals surface area contributed by atoms with Gasteiger partial charge in [-0.3, -0.25) is 4.79 Å². The molecule has 0 spiro atoms. The summed E-state index contributed by atoms with van der Waals surface area (Å²) in [6.07, 6.45) is 9.61. The van der Waals surface area contributed by atoms with Gasteiger partial charge in [0, 0.05) is 25.5 Å². The van der Waals surface area contributed by atoms with Crippen molar-refractivity contribution in [3.8, 4) is 0 Å². The minimum Gasteiger partial charge on any atom is -0.365 e. The maximum absolute atomic E-state index is 11.9. The van der Waals surface area contributed by atoms with Crippen molar-refractivity contribution < 1.29 is 0 Å². The van der Waals surface area contributed by atoms with Crippen molar-refractivity contribution in [1.29, 1.82) is 0 Å². The minimum atomic E-state index is 0.000715. The van der Waals surface area contributed by atoms with E-state index in [1.54, 1.807) is 17.0 Å². The molecule has 0 radical (unpaired) electrons. The number of nitrogens with zero attached hydrogens (tertiary/aromatic N) is 2. The van der Waals surface area contributed by atoms with Gasteiger partial charge in [-0.2, -0.15) is 0 Å². The van der Waals surface area contributed by atoms with Gasteiger partial charge in [0.1, 0.15) is 0 Å². The fourth-order valence-corrected chi connectivity index (χ4v) is 1.99. The Balaban J connectivity index is 1.85. The van der Waals surface area contributed by atoms with Crippen LogP contribution in [-0.4, -0.2) is 16.1 Å². The van der Waals surface area contributed by atoms with E-state index >= 15 is 0 Å². The SMILES string of the molecule is CCCn1ccnc(NCCCC2CC2)c1=O. The fraction of sp³-hybridized carbons (Fsp3) is 0.692. The van der Waals surface area contributed by atoms with Gasteiger partial charge < -0.3 is 9.88 Å². The van der Waals surface area contributed by atoms with Gasteiger partial charge >= 0.3 is 0 Å². The zero-order chi connectivity index (χ0) is 12.1. The van der Waals surface area contributed by atoms with Gasteiger partial charge in [-0.05, 0) is 25.2 Å². The first-order chi connectivity index (χ1) is 8.31. The van der Waals surface area contributed by atoms with Gasteiger partial charge in [0.05, 0.1) is 0 Å². The molecule has 0 unspecified atom stereocenters. The highest BCUT2D eigenvalue weighted by atomic mass is 16.1. The third-order valence-electron chi connectivity index (χ3n) is 3.16. The van der Waals surface area contributed by atoms with Crippen molar-refractivity contribution in [2.75, 3.05) is 11.9 Å². The van der Waals surface area contributed by atoms with E-state index in [2.05, 4.69) is 17.2 Å². The van der Waals surface area contributed by atoms with Crippen molar-refractivity contribution in [2.24, 2.45) is 5.92 Å². The normalized spacial score (nSPS) is 14.9. The molecule has 1 aliphatic carbocycles. The molecule has 17 heavy (non-hydrogen) atoms. The highest BCUT2D eigenvalue weighted by molar-refractivity contribution is 5.30. The Morgan fingerprint density at radius 1 is 1.53 bits per heavy atom. The second-order valence-electron chi connectivity index (χ2n) is 4.79. The largest absolute Gasteiger partial charge is 0.365 e. The van der Waals surface area contributed by atoms with E-state index in [-0.39, 0.29) is 5.56 Å². The third kappa shape index (κ3) is 3.58. The molecular weight excluding hydrogens is 214 g/mol. The summed E-state index contributed by atoms with van der Waals surface area (Å²) in [5, 5.41) is 3.15. The summed E-state index contributed by atoms with van der Waals surface area (Å²) in [7, 11) is 0. The smallest absolute Gasteiger partial charge is 0.293 e. The van der Waals surface area contributed by atoms with Crippen molar-refractivity contribution in [3.05, 3.63) is 22.7 Å². The number of aromatic nitrogens is 2. The predicted molar refractivity (Wildman–Crippen MR) is 69.2 cm³/mol. The predicted octanol–water partition coefficient (Wildman–Crippen LogP) is 2.26. The molecule has 0 aliphatic heterocycles. The van der Waals surface area contributed by atoms with Crippen molar-refractivity contribution in [2.45, 2.75) is 45.6 Å². The molecule has 1 aliphatic rings. The molecule has 0 atom stereocenters. The van der Waals surface area contributed by atoms with Crippen molar-refractivity contribution in [1.82, 2.24) is 9.55 Å². The summed E-state index contributed by atoms with van der Waals surface area (Å²) >= 11 is 0. The molecule has 4 nitrogen and oxygen atoms in total. The molecule has 1 saturated carbocycles. The second kappa shape index (κ2) is 5.84. The van der Waals surface area contributed by atoms with Crippen LogP contribution in [0.15, 0.2) is 17.2 Å². The topological polar surface area (TPSA) is 46.9 Å². The molecule has 0 saturated heterocycles. The van der Waals surface area contributed by atoms with E-state index in [9.17, 15) is 4.79 Å². The molecular formula is C13H21N3O. The van der Waals surface area contributed by atoms with Crippen molar-refractivity contribution in [3.63, 3.8) is 0 Å². The first-order valence-corrected chi connectivity index (χ1v) is 6.60. The molecule has 0 aromatic carbocycles. The van der Waals surface area contributed by atoms with Gasteiger partial charge in [0.15, 0.2) is 5.82 Å². The van der Waals surface area contributed by atoms with E-state index in [1.165, 1.54) is 19.3 Å². The summed E-state index contributed by atoms with van der Waals surface area (Å²) in [5.41, 5.74) is 0.000715. The fourth-order valence-electron chi connectivity index (χ4n) is 1.99. The summed E-state index contributed by atoms with van der Waals surface area (Å²) in [6.45, 7) is 3.68. The van der Waals surface area contributed by atoms with Crippen LogP contribution in [0.2, 0.25) is 0 Å². The van der Waals surface area contributed by atoms with Crippen LogP contribution < -0.4 is 10.9 Å². The molecule has 94 valence electrons. The summed E-state index contributed by atoms with van der Waals surface area (Å²) in [6, 6.07) is 0. The van der Waals surface area contributed by atoms with Crippen LogP contribution in [0.5, 0.6) is 0 Å². The molecule has 2 rings (SSSR count). The van der Waals surface area contributed by atoms with E-state index in [1.807, 2.05) is 0 Å². The van der Waals surface area contributed by atoms with Crippen LogP contribution in [0, 0.1) is 5.92 Å². The quantitative estimate of drug-likeness (QED) is 0.737. The van der Waals surface area contributed by atoms with Crippen LogP contribution in [0.1, 0.15) is 39.0 Å². The standard InChI is InChI=1S/C13H21N3O/c1-2-9-16-10-8-15-12(13(16)17)14-7-3-4-11-5-6-11/h8,10-11H,2-7,9H2,1H3,(H,14,15). The average Bonchev–Trinajstić information content (AvgIpc) is 3.13. The van der Waals surface area contributed by atoms with Gasteiger partial charge in [-0.15, -0.1) is 0 Å². The molecule has 1 heterocycles. The Bertz CT molecular complexity index is 409. The van der Waals surface area contributed by atoms with Gasteiger partial charge in [-0.1, -0.05) is 19.8 Å². The Hall–Kier alpha value is -1.32. The Morgan fingerprint density at radius 3 is 3.06 bits per heavy atom. The van der Waals surface area contributed by atoms with Crippen LogP contribution in [0.4, 0.5) is 5.82 Å². The Morgan fingerprint density at radius 2 is 2.35 bits per heavy atom. The van der Waals surface area contributed by atoms with Gasteiger partial charge in [-0.25, -0.2) is 4.98 Å². The maximum Gasteiger partial charge on any atom is 0.293 e. The summed E-state index contributed by atoms with van der Waals surface area (Å²) in [5.74, 6) is 1.45. The first kappa shape index (κ1) is 12.1. The second-order valence-corrected chi connectivity index (χ2v) is 4.79. The molecule has 0 bridgehead atoms. The maximum atomic E-state index is 11.9. The van der Waals surface area contributed by atoms with E-state index < -0.39 is 0 Å². The lowest BCUT2D eigenvalue weighted by molar-refractivity contribution is 0.646. The lowest BCUT2D eigenvalue weighted by atomic mass is 10.2. The molecule has 4 heteroatoms. The van der Waals surface area contributed by atoms with Crippen LogP contribution in [-0.2, 0) is 6.54 Å². The van der Waals surface area contributed by atoms with E-state index in [0.29, 0.717) is 5.82 Å². The lowest BCUT2D eigenvalue weighted by Gasteiger charge is -2.07. The van der Waals surface area contributed by atoms with E-state index in [4.69, 9.17) is 0 Å². The first-order valence-electron chi connectivity index (χ1n) is 6.60. The summed E-state index contributed by atoms with van der Waals surface area (Å²) < 4.78 is 1.72. The highest BCUT2D eigenvalue weighted by Gasteiger charge is 2.19. The van der Waals surface area contributed by atoms with Crippen LogP contribution >= 0.6 is 0 Å². The van der Waals surface area contributed by atoms with Crippen LogP contribution in [0.25, 0.3) is 0 Å². The van der Waals surface area contributed by atoms with Crippen molar-refractivity contribution >= 4 is 5.82 Å². The number of rotatable bonds is 7. The lowest BCUT2D eigenvalue weighted by Crippen LogP contribution is -2.24. The van der Waals surface area contributed by atoms with Crippen LogP contribution in [0.3, 0.4) is 0 Å². The molecule has 1 aromatic heterocycles. The monoisotopic (exact) mass is 235 g/mol. The minimum absolute atomic E-state index is 0.000715. The third-order valence-corrected chi connectivity index (χ3v) is 3.16. The molecule has 1 N–H and O–H groups in total. The Labute approximate surface area is 102 Å². The number of hydrogen-bond donors (Lipinski definition) is 1. The molecule has 1 aromatic rings. The number of anilines is 1. The summed E-state index contributed by atoms with van der Waals surface area (Å²) in [4.78, 5) is 16.0. The number of nitrogens with one attached hydrogen (secondary N) is 1. The number of hydrogen-bond acceptors (Lipinski definition) is 3. The van der Waals surface area contributed by atoms with Gasteiger partial charge in [0.2, 0.25) is 0 Å². The zero-order valence-electron chi connectivity index (χ0n) is 10.5. The highest BCUT2D eigenvalue weighted by Crippen LogP contribution is 2.33. The van der Waals surface area contributed by atoms with E-state index in [0.717, 1.165) is 31.8 Å². The number of aryl methyl sites for hydroxylation is 1. The molecule has 0 amide bonds.